The van der Waals surface area contributed by atoms with E-state index in [1.54, 1.807) is 30.3 Å². The van der Waals surface area contributed by atoms with Gasteiger partial charge in [-0.2, -0.15) is 5.10 Å². The van der Waals surface area contributed by atoms with Gasteiger partial charge >= 0.3 is 0 Å². The number of hydrazone groups is 1. The van der Waals surface area contributed by atoms with Gasteiger partial charge in [0.1, 0.15) is 6.54 Å². The minimum Gasteiger partial charge on any atom is -0.271 e. The van der Waals surface area contributed by atoms with Gasteiger partial charge in [0.15, 0.2) is 0 Å². The Balaban J connectivity index is 1.73. The highest BCUT2D eigenvalue weighted by Gasteiger charge is 2.27. The van der Waals surface area contributed by atoms with Crippen LogP contribution in [0.1, 0.15) is 24.5 Å². The van der Waals surface area contributed by atoms with Crippen molar-refractivity contribution in [2.75, 3.05) is 10.8 Å². The summed E-state index contributed by atoms with van der Waals surface area (Å²) in [6, 6.07) is 25.1. The maximum Gasteiger partial charge on any atom is 0.264 e. The van der Waals surface area contributed by atoms with Crippen molar-refractivity contribution in [3.63, 3.8) is 0 Å². The van der Waals surface area contributed by atoms with Crippen LogP contribution < -0.4 is 9.73 Å². The molecule has 1 N–H and O–H groups in total. The van der Waals surface area contributed by atoms with Crippen LogP contribution in [-0.4, -0.2) is 26.6 Å². The topological polar surface area (TPSA) is 78.8 Å². The van der Waals surface area contributed by atoms with Crippen LogP contribution in [-0.2, 0) is 21.2 Å². The van der Waals surface area contributed by atoms with E-state index in [0.29, 0.717) is 12.1 Å². The van der Waals surface area contributed by atoms with E-state index in [9.17, 15) is 13.2 Å². The van der Waals surface area contributed by atoms with Crippen molar-refractivity contribution in [2.45, 2.75) is 31.6 Å². The largest absolute Gasteiger partial charge is 0.271 e. The van der Waals surface area contributed by atoms with Crippen molar-refractivity contribution >= 4 is 27.3 Å². The predicted molar refractivity (Wildman–Crippen MR) is 128 cm³/mol. The van der Waals surface area contributed by atoms with Crippen LogP contribution in [0, 0.1) is 6.92 Å². The molecule has 0 aliphatic heterocycles. The molecule has 3 rings (SSSR count). The van der Waals surface area contributed by atoms with E-state index >= 15 is 0 Å². The second-order valence-corrected chi connectivity index (χ2v) is 9.39. The molecule has 32 heavy (non-hydrogen) atoms. The zero-order valence-electron chi connectivity index (χ0n) is 18.2. The normalized spacial score (nSPS) is 11.8. The van der Waals surface area contributed by atoms with Crippen molar-refractivity contribution in [3.8, 4) is 0 Å². The van der Waals surface area contributed by atoms with E-state index < -0.39 is 15.9 Å². The molecule has 6 nitrogen and oxygen atoms in total. The van der Waals surface area contributed by atoms with Gasteiger partial charge in [0, 0.05) is 5.71 Å². The molecule has 0 aliphatic carbocycles. The Morgan fingerprint density at radius 1 is 0.906 bits per heavy atom. The fraction of sp³-hybridized carbons (Fsp3) is 0.200. The third-order valence-electron chi connectivity index (χ3n) is 4.93. The van der Waals surface area contributed by atoms with Crippen LogP contribution in [0.2, 0.25) is 0 Å². The molecule has 0 unspecified atom stereocenters. The SMILES string of the molecule is CC(CCc1ccccc1)=NNC(=O)CN(c1ccc(C)cc1)S(=O)(=O)c1ccccc1. The van der Waals surface area contributed by atoms with E-state index in [1.165, 1.54) is 17.7 Å². The highest BCUT2D eigenvalue weighted by atomic mass is 32.2. The zero-order valence-corrected chi connectivity index (χ0v) is 19.0. The van der Waals surface area contributed by atoms with Gasteiger partial charge in [-0.1, -0.05) is 66.2 Å². The van der Waals surface area contributed by atoms with Crippen LogP contribution in [0.3, 0.4) is 0 Å². The fourth-order valence-electron chi connectivity index (χ4n) is 3.10. The number of amides is 1. The lowest BCUT2D eigenvalue weighted by atomic mass is 10.1. The van der Waals surface area contributed by atoms with Gasteiger partial charge in [-0.25, -0.2) is 13.8 Å². The lowest BCUT2D eigenvalue weighted by Gasteiger charge is -2.23. The number of hydrogen-bond donors (Lipinski definition) is 1. The van der Waals surface area contributed by atoms with E-state index in [-0.39, 0.29) is 11.4 Å². The lowest BCUT2D eigenvalue weighted by molar-refractivity contribution is -0.119. The highest BCUT2D eigenvalue weighted by Crippen LogP contribution is 2.23. The summed E-state index contributed by atoms with van der Waals surface area (Å²) in [4.78, 5) is 12.7. The summed E-state index contributed by atoms with van der Waals surface area (Å²) in [6.07, 6.45) is 1.50. The number of hydrogen-bond acceptors (Lipinski definition) is 4. The van der Waals surface area contributed by atoms with Gasteiger partial charge in [-0.05, 0) is 56.5 Å². The van der Waals surface area contributed by atoms with Crippen molar-refractivity contribution in [1.82, 2.24) is 5.43 Å². The van der Waals surface area contributed by atoms with Crippen molar-refractivity contribution in [1.29, 1.82) is 0 Å². The van der Waals surface area contributed by atoms with Gasteiger partial charge < -0.3 is 0 Å². The average Bonchev–Trinajstić information content (AvgIpc) is 2.81. The van der Waals surface area contributed by atoms with Gasteiger partial charge in [-0.15, -0.1) is 0 Å². The molecule has 0 fully saturated rings. The molecule has 0 aliphatic rings. The highest BCUT2D eigenvalue weighted by molar-refractivity contribution is 7.92. The summed E-state index contributed by atoms with van der Waals surface area (Å²) in [6.45, 7) is 3.37. The van der Waals surface area contributed by atoms with Crippen LogP contribution >= 0.6 is 0 Å². The Morgan fingerprint density at radius 2 is 1.50 bits per heavy atom. The van der Waals surface area contributed by atoms with Gasteiger partial charge in [0.05, 0.1) is 10.6 Å². The number of carbonyl (C=O) groups is 1. The lowest BCUT2D eigenvalue weighted by Crippen LogP contribution is -2.39. The van der Waals surface area contributed by atoms with E-state index in [0.717, 1.165) is 22.0 Å². The summed E-state index contributed by atoms with van der Waals surface area (Å²) >= 11 is 0. The van der Waals surface area contributed by atoms with Crippen LogP contribution in [0.4, 0.5) is 5.69 Å². The zero-order chi connectivity index (χ0) is 23.0. The molecule has 0 spiro atoms. The average molecular weight is 450 g/mol. The summed E-state index contributed by atoms with van der Waals surface area (Å²) in [5.74, 6) is -0.510. The molecule has 3 aromatic carbocycles. The number of benzene rings is 3. The molecule has 0 saturated heterocycles. The molecule has 0 aromatic heterocycles. The Hall–Kier alpha value is -3.45. The first-order valence-electron chi connectivity index (χ1n) is 10.4. The van der Waals surface area contributed by atoms with E-state index in [2.05, 4.69) is 10.5 Å². The quantitative estimate of drug-likeness (QED) is 0.390. The molecule has 0 atom stereocenters. The van der Waals surface area contributed by atoms with Crippen molar-refractivity contribution in [2.24, 2.45) is 5.10 Å². The van der Waals surface area contributed by atoms with Gasteiger partial charge in [-0.3, -0.25) is 9.10 Å². The second kappa shape index (κ2) is 10.7. The van der Waals surface area contributed by atoms with E-state index in [1.807, 2.05) is 56.3 Å². The number of anilines is 1. The molecular formula is C25H27N3O3S. The van der Waals surface area contributed by atoms with E-state index in [4.69, 9.17) is 0 Å². The van der Waals surface area contributed by atoms with Crippen molar-refractivity contribution in [3.05, 3.63) is 96.1 Å². The fourth-order valence-corrected chi connectivity index (χ4v) is 4.54. The predicted octanol–water partition coefficient (Wildman–Crippen LogP) is 4.32. The maximum atomic E-state index is 13.3. The van der Waals surface area contributed by atoms with Crippen molar-refractivity contribution < 1.29 is 13.2 Å². The van der Waals surface area contributed by atoms with Gasteiger partial charge in [0.25, 0.3) is 15.9 Å². The Morgan fingerprint density at radius 3 is 2.12 bits per heavy atom. The smallest absolute Gasteiger partial charge is 0.264 e. The standard InChI is InChI=1S/C25H27N3O3S/c1-20-13-17-23(18-14-20)28(32(30,31)24-11-7-4-8-12-24)19-25(29)27-26-21(2)15-16-22-9-5-3-6-10-22/h3-14,17-18H,15-16,19H2,1-2H3,(H,27,29). The third-order valence-corrected chi connectivity index (χ3v) is 6.72. The minimum atomic E-state index is -3.92. The van der Waals surface area contributed by atoms with Gasteiger partial charge in [0.2, 0.25) is 0 Å². The number of sulfonamides is 1. The van der Waals surface area contributed by atoms with Crippen LogP contribution in [0.25, 0.3) is 0 Å². The molecular weight excluding hydrogens is 422 g/mol. The summed E-state index contributed by atoms with van der Waals surface area (Å²) in [7, 11) is -3.92. The first-order valence-corrected chi connectivity index (χ1v) is 11.8. The summed E-state index contributed by atoms with van der Waals surface area (Å²) in [5.41, 5.74) is 5.85. The molecule has 166 valence electrons. The minimum absolute atomic E-state index is 0.121. The third kappa shape index (κ3) is 6.28. The summed E-state index contributed by atoms with van der Waals surface area (Å²) in [5, 5.41) is 4.15. The molecule has 0 bridgehead atoms. The first-order chi connectivity index (χ1) is 15.4. The number of aryl methyl sites for hydroxylation is 2. The Labute approximate surface area is 189 Å². The molecule has 0 heterocycles. The molecule has 1 amide bonds. The second-order valence-electron chi connectivity index (χ2n) is 7.53. The Kier molecular flexibility index (Phi) is 7.78. The summed E-state index contributed by atoms with van der Waals surface area (Å²) < 4.78 is 27.6. The molecule has 0 radical (unpaired) electrons. The first kappa shape index (κ1) is 23.2. The Bertz CT molecular complexity index is 1160. The van der Waals surface area contributed by atoms with Crippen LogP contribution in [0.15, 0.2) is 94.9 Å². The monoisotopic (exact) mass is 449 g/mol. The number of rotatable bonds is 9. The molecule has 0 saturated carbocycles. The maximum absolute atomic E-state index is 13.3. The number of nitrogens with one attached hydrogen (secondary N) is 1. The number of carbonyl (C=O) groups excluding carboxylic acids is 1. The molecule has 3 aromatic rings. The number of nitrogens with zero attached hydrogens (tertiary/aromatic N) is 2. The molecule has 7 heteroatoms. The van der Waals surface area contributed by atoms with Crippen LogP contribution in [0.5, 0.6) is 0 Å².